The van der Waals surface area contributed by atoms with Crippen LogP contribution in [0.15, 0.2) is 23.3 Å². The molecule has 0 aromatic carbocycles. The minimum absolute atomic E-state index is 0.150. The molecule has 1 rings (SSSR count). The van der Waals surface area contributed by atoms with Crippen molar-refractivity contribution in [3.63, 3.8) is 0 Å². The average Bonchev–Trinajstić information content (AvgIpc) is 2.14. The Hall–Kier alpha value is -1.49. The van der Waals surface area contributed by atoms with Gasteiger partial charge in [-0.15, -0.1) is 0 Å². The number of aromatic nitrogens is 1. The number of nitrogens with zero attached hydrogens (tertiary/aromatic N) is 2. The van der Waals surface area contributed by atoms with Crippen molar-refractivity contribution in [3.8, 4) is 0 Å². The van der Waals surface area contributed by atoms with Gasteiger partial charge in [0, 0.05) is 5.69 Å². The molecule has 0 aliphatic rings. The van der Waals surface area contributed by atoms with Gasteiger partial charge in [0.2, 0.25) is 0 Å². The predicted molar refractivity (Wildman–Crippen MR) is 61.1 cm³/mol. The second kappa shape index (κ2) is 4.66. The van der Waals surface area contributed by atoms with Gasteiger partial charge in [0.05, 0.1) is 11.4 Å². The number of thiocarbonyl (C=S) groups is 1. The van der Waals surface area contributed by atoms with E-state index in [4.69, 9.17) is 5.73 Å². The van der Waals surface area contributed by atoms with Crippen LogP contribution in [0.25, 0.3) is 0 Å². The molecule has 0 aliphatic heterocycles. The van der Waals surface area contributed by atoms with Gasteiger partial charge < -0.3 is 5.73 Å². The lowest BCUT2D eigenvalue weighted by atomic mass is 10.2. The molecule has 0 amide bonds. The number of pyridine rings is 1. The van der Waals surface area contributed by atoms with Crippen LogP contribution >= 0.6 is 12.2 Å². The third-order valence-electron chi connectivity index (χ3n) is 1.59. The van der Waals surface area contributed by atoms with Crippen LogP contribution in [-0.4, -0.2) is 15.8 Å². The summed E-state index contributed by atoms with van der Waals surface area (Å²) >= 11 is 4.63. The molecule has 0 saturated carbocycles. The molecule has 0 spiro atoms. The van der Waals surface area contributed by atoms with Gasteiger partial charge >= 0.3 is 0 Å². The molecule has 14 heavy (non-hydrogen) atoms. The van der Waals surface area contributed by atoms with Crippen LogP contribution in [0, 0.1) is 6.92 Å². The molecule has 74 valence electrons. The maximum atomic E-state index is 5.24. The molecular formula is C9H12N4S. The summed E-state index contributed by atoms with van der Waals surface area (Å²) in [7, 11) is 0. The Morgan fingerprint density at radius 3 is 2.86 bits per heavy atom. The molecule has 0 aliphatic carbocycles. The van der Waals surface area contributed by atoms with Crippen LogP contribution in [0.5, 0.6) is 0 Å². The topological polar surface area (TPSA) is 63.3 Å². The van der Waals surface area contributed by atoms with Crippen molar-refractivity contribution < 1.29 is 0 Å². The normalized spacial score (nSPS) is 11.1. The minimum Gasteiger partial charge on any atom is -0.375 e. The van der Waals surface area contributed by atoms with Crippen LogP contribution in [0.1, 0.15) is 18.3 Å². The highest BCUT2D eigenvalue weighted by molar-refractivity contribution is 7.80. The third-order valence-corrected chi connectivity index (χ3v) is 1.68. The molecule has 0 unspecified atom stereocenters. The van der Waals surface area contributed by atoms with Crippen LogP contribution < -0.4 is 11.2 Å². The summed E-state index contributed by atoms with van der Waals surface area (Å²) in [5, 5.41) is 4.12. The van der Waals surface area contributed by atoms with E-state index in [1.165, 1.54) is 0 Å². The molecule has 1 aromatic heterocycles. The van der Waals surface area contributed by atoms with Gasteiger partial charge in [-0.2, -0.15) is 5.10 Å². The van der Waals surface area contributed by atoms with E-state index in [2.05, 4.69) is 27.7 Å². The number of rotatable bonds is 2. The fourth-order valence-corrected chi connectivity index (χ4v) is 0.986. The van der Waals surface area contributed by atoms with Gasteiger partial charge in [-0.3, -0.25) is 10.4 Å². The minimum atomic E-state index is 0.150. The smallest absolute Gasteiger partial charge is 0.184 e. The van der Waals surface area contributed by atoms with Crippen LogP contribution in [0.4, 0.5) is 0 Å². The highest BCUT2D eigenvalue weighted by Crippen LogP contribution is 1.99. The first-order chi connectivity index (χ1) is 6.59. The summed E-state index contributed by atoms with van der Waals surface area (Å²) in [6.07, 6.45) is 0. The molecule has 1 heterocycles. The fourth-order valence-electron chi connectivity index (χ4n) is 0.941. The largest absolute Gasteiger partial charge is 0.375 e. The van der Waals surface area contributed by atoms with E-state index < -0.39 is 0 Å². The Kier molecular flexibility index (Phi) is 3.53. The van der Waals surface area contributed by atoms with Crippen molar-refractivity contribution in [1.29, 1.82) is 0 Å². The van der Waals surface area contributed by atoms with Crippen LogP contribution in [0.2, 0.25) is 0 Å². The Labute approximate surface area is 88.2 Å². The standard InChI is InChI=1S/C9H12N4S/c1-6-4-3-5-8(11-6)7(2)12-13-9(10)14/h3-5H,1-2H3,(H3,10,13,14). The number of hydrogen-bond donors (Lipinski definition) is 2. The van der Waals surface area contributed by atoms with Gasteiger partial charge in [-0.25, -0.2) is 0 Å². The number of aryl methyl sites for hydroxylation is 1. The molecule has 0 atom stereocenters. The molecule has 0 fully saturated rings. The molecular weight excluding hydrogens is 196 g/mol. The average molecular weight is 208 g/mol. The van der Waals surface area contributed by atoms with E-state index in [0.717, 1.165) is 17.1 Å². The van der Waals surface area contributed by atoms with Crippen molar-refractivity contribution >= 4 is 23.0 Å². The Morgan fingerprint density at radius 2 is 2.29 bits per heavy atom. The van der Waals surface area contributed by atoms with E-state index in [-0.39, 0.29) is 5.11 Å². The fraction of sp³-hybridized carbons (Fsp3) is 0.222. The number of hydrogen-bond acceptors (Lipinski definition) is 3. The molecule has 4 nitrogen and oxygen atoms in total. The Balaban J connectivity index is 2.83. The monoisotopic (exact) mass is 208 g/mol. The Morgan fingerprint density at radius 1 is 1.57 bits per heavy atom. The Bertz CT molecular complexity index is 373. The van der Waals surface area contributed by atoms with E-state index >= 15 is 0 Å². The van der Waals surface area contributed by atoms with Gasteiger partial charge in [0.15, 0.2) is 5.11 Å². The number of nitrogens with one attached hydrogen (secondary N) is 1. The summed E-state index contributed by atoms with van der Waals surface area (Å²) in [4.78, 5) is 4.30. The van der Waals surface area contributed by atoms with Crippen molar-refractivity contribution in [2.75, 3.05) is 0 Å². The maximum absolute atomic E-state index is 5.24. The van der Waals surface area contributed by atoms with Gasteiger partial charge in [-0.05, 0) is 38.2 Å². The second-order valence-corrected chi connectivity index (χ2v) is 3.28. The SMILES string of the molecule is CC(=NNC(N)=S)c1cccc(C)n1. The van der Waals surface area contributed by atoms with E-state index in [1.807, 2.05) is 32.0 Å². The zero-order chi connectivity index (χ0) is 10.6. The van der Waals surface area contributed by atoms with Crippen molar-refractivity contribution in [3.05, 3.63) is 29.6 Å². The summed E-state index contributed by atoms with van der Waals surface area (Å²) in [5.41, 5.74) is 10.3. The van der Waals surface area contributed by atoms with Gasteiger partial charge in [0.25, 0.3) is 0 Å². The van der Waals surface area contributed by atoms with Crippen LogP contribution in [-0.2, 0) is 0 Å². The second-order valence-electron chi connectivity index (χ2n) is 2.84. The zero-order valence-electron chi connectivity index (χ0n) is 8.11. The maximum Gasteiger partial charge on any atom is 0.184 e. The third kappa shape index (κ3) is 3.10. The first-order valence-corrected chi connectivity index (χ1v) is 4.54. The first-order valence-electron chi connectivity index (χ1n) is 4.13. The first kappa shape index (κ1) is 10.6. The molecule has 3 N–H and O–H groups in total. The summed E-state index contributed by atoms with van der Waals surface area (Å²) in [6, 6.07) is 5.74. The lowest BCUT2D eigenvalue weighted by molar-refractivity contribution is 1.02. The molecule has 5 heteroatoms. The van der Waals surface area contributed by atoms with Crippen molar-refractivity contribution in [2.24, 2.45) is 10.8 Å². The van der Waals surface area contributed by atoms with E-state index in [9.17, 15) is 0 Å². The predicted octanol–water partition coefficient (Wildman–Crippen LogP) is 0.947. The van der Waals surface area contributed by atoms with E-state index in [1.54, 1.807) is 0 Å². The summed E-state index contributed by atoms with van der Waals surface area (Å²) < 4.78 is 0. The molecule has 0 saturated heterocycles. The number of nitrogens with two attached hydrogens (primary N) is 1. The van der Waals surface area contributed by atoms with E-state index in [0.29, 0.717) is 0 Å². The van der Waals surface area contributed by atoms with Crippen molar-refractivity contribution in [2.45, 2.75) is 13.8 Å². The van der Waals surface area contributed by atoms with Crippen molar-refractivity contribution in [1.82, 2.24) is 10.4 Å². The molecule has 1 aromatic rings. The van der Waals surface area contributed by atoms with Gasteiger partial charge in [-0.1, -0.05) is 6.07 Å². The lowest BCUT2D eigenvalue weighted by Gasteiger charge is -2.01. The van der Waals surface area contributed by atoms with Crippen LogP contribution in [0.3, 0.4) is 0 Å². The van der Waals surface area contributed by atoms with Gasteiger partial charge in [0.1, 0.15) is 0 Å². The lowest BCUT2D eigenvalue weighted by Crippen LogP contribution is -2.25. The quantitative estimate of drug-likeness (QED) is 0.431. The molecule has 0 radical (unpaired) electrons. The highest BCUT2D eigenvalue weighted by Gasteiger charge is 1.98. The molecule has 0 bridgehead atoms. The highest BCUT2D eigenvalue weighted by atomic mass is 32.1. The summed E-state index contributed by atoms with van der Waals surface area (Å²) in [5.74, 6) is 0. The summed E-state index contributed by atoms with van der Waals surface area (Å²) in [6.45, 7) is 3.77. The number of hydrazone groups is 1. The zero-order valence-corrected chi connectivity index (χ0v) is 8.93.